The van der Waals surface area contributed by atoms with Crippen LogP contribution in [-0.2, 0) is 4.79 Å². The number of carbonyl (C=O) groups excluding carboxylic acids is 1. The summed E-state index contributed by atoms with van der Waals surface area (Å²) >= 11 is 0. The molecule has 2 N–H and O–H groups in total. The minimum atomic E-state index is 0.0647. The molecule has 14 heavy (non-hydrogen) atoms. The molecule has 1 saturated heterocycles. The summed E-state index contributed by atoms with van der Waals surface area (Å²) in [6, 6.07) is 0.0647. The molecule has 2 rings (SSSR count). The van der Waals surface area contributed by atoms with Crippen LogP contribution in [0.3, 0.4) is 0 Å². The van der Waals surface area contributed by atoms with Crippen LogP contribution in [0.5, 0.6) is 0 Å². The predicted molar refractivity (Wildman–Crippen MR) is 56.0 cm³/mol. The summed E-state index contributed by atoms with van der Waals surface area (Å²) in [5.41, 5.74) is 0.130. The lowest BCUT2D eigenvalue weighted by atomic mass is 10.1. The Bertz CT molecular complexity index is 215. The minimum absolute atomic E-state index is 0.0647. The van der Waals surface area contributed by atoms with Gasteiger partial charge in [-0.05, 0) is 39.2 Å². The molecule has 3 heteroatoms. The van der Waals surface area contributed by atoms with Gasteiger partial charge in [-0.2, -0.15) is 0 Å². The molecule has 2 aliphatic rings. The monoisotopic (exact) mass is 196 g/mol. The minimum Gasteiger partial charge on any atom is -0.350 e. The largest absolute Gasteiger partial charge is 0.350 e. The van der Waals surface area contributed by atoms with E-state index >= 15 is 0 Å². The first-order valence-corrected chi connectivity index (χ1v) is 5.75. The van der Waals surface area contributed by atoms with Gasteiger partial charge in [0, 0.05) is 5.54 Å². The molecular weight excluding hydrogens is 176 g/mol. The SMILES string of the molecule is CC1(NC(=O)C2CCCCCN2)CC1. The zero-order chi connectivity index (χ0) is 10.0. The summed E-state index contributed by atoms with van der Waals surface area (Å²) in [6.45, 7) is 3.12. The van der Waals surface area contributed by atoms with E-state index in [-0.39, 0.29) is 17.5 Å². The van der Waals surface area contributed by atoms with Gasteiger partial charge >= 0.3 is 0 Å². The van der Waals surface area contributed by atoms with Crippen LogP contribution >= 0.6 is 0 Å². The maximum atomic E-state index is 11.8. The highest BCUT2D eigenvalue weighted by molar-refractivity contribution is 5.82. The van der Waals surface area contributed by atoms with Gasteiger partial charge in [-0.3, -0.25) is 4.79 Å². The Labute approximate surface area is 85.6 Å². The Kier molecular flexibility index (Phi) is 2.77. The van der Waals surface area contributed by atoms with Crippen molar-refractivity contribution in [3.63, 3.8) is 0 Å². The standard InChI is InChI=1S/C11H20N2O/c1-11(6-7-11)13-10(14)9-5-3-2-4-8-12-9/h9,12H,2-8H2,1H3,(H,13,14). The van der Waals surface area contributed by atoms with Crippen LogP contribution in [0.25, 0.3) is 0 Å². The summed E-state index contributed by atoms with van der Waals surface area (Å²) in [7, 11) is 0. The van der Waals surface area contributed by atoms with E-state index in [1.54, 1.807) is 0 Å². The van der Waals surface area contributed by atoms with Crippen LogP contribution in [0.1, 0.15) is 45.4 Å². The van der Waals surface area contributed by atoms with Gasteiger partial charge in [0.2, 0.25) is 5.91 Å². The first-order valence-electron chi connectivity index (χ1n) is 5.75. The smallest absolute Gasteiger partial charge is 0.237 e. The van der Waals surface area contributed by atoms with Crippen LogP contribution in [0.2, 0.25) is 0 Å². The van der Waals surface area contributed by atoms with Gasteiger partial charge in [-0.25, -0.2) is 0 Å². The molecule has 1 unspecified atom stereocenters. The molecule has 1 heterocycles. The number of nitrogens with one attached hydrogen (secondary N) is 2. The van der Waals surface area contributed by atoms with Crippen molar-refractivity contribution in [3.05, 3.63) is 0 Å². The van der Waals surface area contributed by atoms with Gasteiger partial charge in [-0.15, -0.1) is 0 Å². The van der Waals surface area contributed by atoms with Gasteiger partial charge in [0.15, 0.2) is 0 Å². The van der Waals surface area contributed by atoms with Crippen molar-refractivity contribution >= 4 is 5.91 Å². The second kappa shape index (κ2) is 3.89. The molecule has 0 aromatic heterocycles. The molecule has 0 bridgehead atoms. The van der Waals surface area contributed by atoms with E-state index in [2.05, 4.69) is 17.6 Å². The topological polar surface area (TPSA) is 41.1 Å². The van der Waals surface area contributed by atoms with Crippen molar-refractivity contribution in [1.29, 1.82) is 0 Å². The molecule has 1 amide bonds. The van der Waals surface area contributed by atoms with Gasteiger partial charge in [0.05, 0.1) is 6.04 Å². The fraction of sp³-hybridized carbons (Fsp3) is 0.909. The highest BCUT2D eigenvalue weighted by atomic mass is 16.2. The number of carbonyl (C=O) groups is 1. The zero-order valence-corrected chi connectivity index (χ0v) is 8.94. The fourth-order valence-corrected chi connectivity index (χ4v) is 1.95. The molecule has 0 aromatic carbocycles. The molecule has 1 aliphatic carbocycles. The number of hydrogen-bond donors (Lipinski definition) is 2. The van der Waals surface area contributed by atoms with Gasteiger partial charge in [0.25, 0.3) is 0 Å². The Morgan fingerprint density at radius 3 is 2.86 bits per heavy atom. The van der Waals surface area contributed by atoms with Gasteiger partial charge < -0.3 is 10.6 Å². The molecule has 2 fully saturated rings. The first-order chi connectivity index (χ1) is 6.70. The summed E-state index contributed by atoms with van der Waals surface area (Å²) in [4.78, 5) is 11.8. The van der Waals surface area contributed by atoms with Crippen LogP contribution in [0.4, 0.5) is 0 Å². The average Bonchev–Trinajstić information content (AvgIpc) is 2.89. The van der Waals surface area contributed by atoms with Crippen molar-refractivity contribution in [3.8, 4) is 0 Å². The lowest BCUT2D eigenvalue weighted by molar-refractivity contribution is -0.124. The molecule has 80 valence electrons. The average molecular weight is 196 g/mol. The second-order valence-electron chi connectivity index (χ2n) is 4.91. The molecule has 1 saturated carbocycles. The highest BCUT2D eigenvalue weighted by Crippen LogP contribution is 2.34. The molecule has 1 aliphatic heterocycles. The van der Waals surface area contributed by atoms with E-state index in [1.165, 1.54) is 19.3 Å². The summed E-state index contributed by atoms with van der Waals surface area (Å²) < 4.78 is 0. The highest BCUT2D eigenvalue weighted by Gasteiger charge is 2.39. The molecular formula is C11H20N2O. The van der Waals surface area contributed by atoms with Crippen molar-refractivity contribution in [2.24, 2.45) is 0 Å². The normalized spacial score (nSPS) is 30.5. The van der Waals surface area contributed by atoms with Crippen LogP contribution in [0, 0.1) is 0 Å². The van der Waals surface area contributed by atoms with Gasteiger partial charge in [-0.1, -0.05) is 12.8 Å². The molecule has 0 aromatic rings. The van der Waals surface area contributed by atoms with E-state index in [1.807, 2.05) is 0 Å². The van der Waals surface area contributed by atoms with Crippen LogP contribution in [-0.4, -0.2) is 24.0 Å². The lowest BCUT2D eigenvalue weighted by Gasteiger charge is -2.18. The van der Waals surface area contributed by atoms with E-state index in [9.17, 15) is 4.79 Å². The molecule has 3 nitrogen and oxygen atoms in total. The van der Waals surface area contributed by atoms with Crippen molar-refractivity contribution in [2.45, 2.75) is 57.0 Å². The summed E-state index contributed by atoms with van der Waals surface area (Å²) in [5.74, 6) is 0.215. The number of amides is 1. The summed E-state index contributed by atoms with van der Waals surface area (Å²) in [6.07, 6.45) is 6.94. The summed E-state index contributed by atoms with van der Waals surface area (Å²) in [5, 5.41) is 6.45. The molecule has 1 atom stereocenters. The van der Waals surface area contributed by atoms with E-state index in [4.69, 9.17) is 0 Å². The van der Waals surface area contributed by atoms with Crippen molar-refractivity contribution in [2.75, 3.05) is 6.54 Å². The Hall–Kier alpha value is -0.570. The van der Waals surface area contributed by atoms with E-state index in [0.717, 1.165) is 25.8 Å². The van der Waals surface area contributed by atoms with E-state index in [0.29, 0.717) is 0 Å². The Morgan fingerprint density at radius 1 is 1.36 bits per heavy atom. The lowest BCUT2D eigenvalue weighted by Crippen LogP contribution is -2.47. The van der Waals surface area contributed by atoms with Crippen LogP contribution < -0.4 is 10.6 Å². The maximum Gasteiger partial charge on any atom is 0.237 e. The zero-order valence-electron chi connectivity index (χ0n) is 8.94. The Morgan fingerprint density at radius 2 is 2.14 bits per heavy atom. The number of hydrogen-bond acceptors (Lipinski definition) is 2. The van der Waals surface area contributed by atoms with E-state index < -0.39 is 0 Å². The quantitative estimate of drug-likeness (QED) is 0.696. The predicted octanol–water partition coefficient (Wildman–Crippen LogP) is 1.19. The van der Waals surface area contributed by atoms with Crippen molar-refractivity contribution < 1.29 is 4.79 Å². The second-order valence-corrected chi connectivity index (χ2v) is 4.91. The third-order valence-electron chi connectivity index (χ3n) is 3.30. The van der Waals surface area contributed by atoms with Crippen LogP contribution in [0.15, 0.2) is 0 Å². The fourth-order valence-electron chi connectivity index (χ4n) is 1.95. The van der Waals surface area contributed by atoms with Crippen molar-refractivity contribution in [1.82, 2.24) is 10.6 Å². The maximum absolute atomic E-state index is 11.8. The van der Waals surface area contributed by atoms with Gasteiger partial charge in [0.1, 0.15) is 0 Å². The Balaban J connectivity index is 1.83. The third kappa shape index (κ3) is 2.47. The first kappa shape index (κ1) is 9.97. The third-order valence-corrected chi connectivity index (χ3v) is 3.30. The molecule has 0 spiro atoms. The number of rotatable bonds is 2. The molecule has 0 radical (unpaired) electrons.